The lowest BCUT2D eigenvalue weighted by molar-refractivity contribution is -0.140. The number of methoxy groups -OCH3 is 1. The van der Waals surface area contributed by atoms with E-state index >= 15 is 0 Å². The van der Waals surface area contributed by atoms with Crippen LogP contribution in [0.15, 0.2) is 30.3 Å². The molecule has 3 nitrogen and oxygen atoms in total. The number of carbonyl (C=O) groups excluding carboxylic acids is 1. The summed E-state index contributed by atoms with van der Waals surface area (Å²) < 4.78 is 4.74. The number of piperidine rings is 1. The summed E-state index contributed by atoms with van der Waals surface area (Å²) in [4.78, 5) is 13.5. The smallest absolute Gasteiger partial charge is 0.320 e. The molecule has 1 heterocycles. The number of carbonyl (C=O) groups is 1. The van der Waals surface area contributed by atoms with Gasteiger partial charge in [0.2, 0.25) is 0 Å². The molecular weight excluding hydrogens is 318 g/mol. The number of esters is 1. The van der Waals surface area contributed by atoms with Crippen molar-refractivity contribution < 1.29 is 9.53 Å². The monoisotopic (exact) mass is 339 g/mol. The summed E-state index contributed by atoms with van der Waals surface area (Å²) in [6.45, 7) is 2.87. The van der Waals surface area contributed by atoms with E-state index in [0.29, 0.717) is 0 Å². The first-order valence-corrected chi connectivity index (χ1v) is 8.08. The van der Waals surface area contributed by atoms with Crippen molar-refractivity contribution in [1.82, 2.24) is 4.90 Å². The lowest BCUT2D eigenvalue weighted by Crippen LogP contribution is -2.40. The summed E-state index contributed by atoms with van der Waals surface area (Å²) in [5.41, 5.74) is 1.43. The molecule has 4 heteroatoms. The maximum absolute atomic E-state index is 11.4. The molecular formula is C16H22BrNO2. The number of rotatable bonds is 5. The van der Waals surface area contributed by atoms with Crippen molar-refractivity contribution in [3.8, 4) is 0 Å². The second-order valence-corrected chi connectivity index (χ2v) is 6.53. The van der Waals surface area contributed by atoms with Crippen LogP contribution in [-0.4, -0.2) is 42.4 Å². The van der Waals surface area contributed by atoms with E-state index in [-0.39, 0.29) is 10.8 Å². The first kappa shape index (κ1) is 15.5. The van der Waals surface area contributed by atoms with Gasteiger partial charge >= 0.3 is 5.97 Å². The fraction of sp³-hybridized carbons (Fsp3) is 0.562. The van der Waals surface area contributed by atoms with Gasteiger partial charge in [0, 0.05) is 6.54 Å². The summed E-state index contributed by atoms with van der Waals surface area (Å²) in [7, 11) is 1.43. The number of nitrogens with zero attached hydrogens (tertiary/aromatic N) is 1. The van der Waals surface area contributed by atoms with E-state index < -0.39 is 0 Å². The molecule has 0 N–H and O–H groups in total. The Labute approximate surface area is 129 Å². The highest BCUT2D eigenvalue weighted by atomic mass is 79.9. The Morgan fingerprint density at radius 3 is 2.60 bits per heavy atom. The predicted molar refractivity (Wildman–Crippen MR) is 84.0 cm³/mol. The van der Waals surface area contributed by atoms with Crippen LogP contribution in [0.5, 0.6) is 0 Å². The lowest BCUT2D eigenvalue weighted by Gasteiger charge is -2.32. The Hall–Kier alpha value is -0.870. The molecule has 0 aliphatic carbocycles. The molecule has 1 aromatic carbocycles. The Kier molecular flexibility index (Phi) is 6.05. The summed E-state index contributed by atoms with van der Waals surface area (Å²) in [5.74, 6) is 0.581. The molecule has 1 atom stereocenters. The van der Waals surface area contributed by atoms with Gasteiger partial charge in [-0.1, -0.05) is 46.3 Å². The molecule has 110 valence electrons. The molecule has 0 saturated carbocycles. The number of ether oxygens (including phenoxy) is 1. The molecule has 0 bridgehead atoms. The molecule has 20 heavy (non-hydrogen) atoms. The maximum atomic E-state index is 11.4. The molecule has 1 fully saturated rings. The molecule has 2 rings (SSSR count). The molecule has 1 unspecified atom stereocenters. The SMILES string of the molecule is COC(=O)C(Br)CN1CCC(Cc2ccccc2)CC1. The van der Waals surface area contributed by atoms with E-state index in [2.05, 4.69) is 51.2 Å². The van der Waals surface area contributed by atoms with Crippen LogP contribution in [0, 0.1) is 5.92 Å². The van der Waals surface area contributed by atoms with E-state index in [1.165, 1.54) is 31.9 Å². The summed E-state index contributed by atoms with van der Waals surface area (Å²) in [6, 6.07) is 10.7. The maximum Gasteiger partial charge on any atom is 0.320 e. The van der Waals surface area contributed by atoms with Gasteiger partial charge in [-0.15, -0.1) is 0 Å². The van der Waals surface area contributed by atoms with Gasteiger partial charge in [-0.3, -0.25) is 4.79 Å². The minimum absolute atomic E-state index is 0.184. The Morgan fingerprint density at radius 2 is 2.00 bits per heavy atom. The van der Waals surface area contributed by atoms with E-state index in [0.717, 1.165) is 25.6 Å². The number of hydrogen-bond donors (Lipinski definition) is 0. The highest BCUT2D eigenvalue weighted by Gasteiger charge is 2.24. The standard InChI is InChI=1S/C16H22BrNO2/c1-20-16(19)15(17)12-18-9-7-14(8-10-18)11-13-5-3-2-4-6-13/h2-6,14-15H,7-12H2,1H3. The topological polar surface area (TPSA) is 29.5 Å². The van der Waals surface area contributed by atoms with E-state index in [1.54, 1.807) is 0 Å². The van der Waals surface area contributed by atoms with Crippen LogP contribution in [0.3, 0.4) is 0 Å². The van der Waals surface area contributed by atoms with E-state index in [4.69, 9.17) is 4.74 Å². The van der Waals surface area contributed by atoms with Crippen molar-refractivity contribution in [2.45, 2.75) is 24.1 Å². The summed E-state index contributed by atoms with van der Waals surface area (Å²) >= 11 is 3.39. The molecule has 1 aliphatic heterocycles. The largest absolute Gasteiger partial charge is 0.468 e. The third kappa shape index (κ3) is 4.60. The third-order valence-corrected chi connectivity index (χ3v) is 4.61. The van der Waals surface area contributed by atoms with Gasteiger partial charge in [-0.2, -0.15) is 0 Å². The molecule has 0 amide bonds. The third-order valence-electron chi connectivity index (χ3n) is 3.95. The Bertz CT molecular complexity index is 416. The minimum atomic E-state index is -0.210. The fourth-order valence-electron chi connectivity index (χ4n) is 2.75. The molecule has 0 spiro atoms. The van der Waals surface area contributed by atoms with Gasteiger partial charge < -0.3 is 9.64 Å². The lowest BCUT2D eigenvalue weighted by atomic mass is 9.90. The van der Waals surface area contributed by atoms with Crippen LogP contribution < -0.4 is 0 Å². The van der Waals surface area contributed by atoms with Crippen molar-refractivity contribution in [2.24, 2.45) is 5.92 Å². The van der Waals surface area contributed by atoms with Crippen molar-refractivity contribution in [3.63, 3.8) is 0 Å². The number of alkyl halides is 1. The molecule has 0 aromatic heterocycles. The predicted octanol–water partition coefficient (Wildman–Crippen LogP) is 2.88. The van der Waals surface area contributed by atoms with Gasteiger partial charge in [-0.05, 0) is 43.8 Å². The van der Waals surface area contributed by atoms with Crippen molar-refractivity contribution in [2.75, 3.05) is 26.7 Å². The highest BCUT2D eigenvalue weighted by Crippen LogP contribution is 2.22. The van der Waals surface area contributed by atoms with Crippen LogP contribution >= 0.6 is 15.9 Å². The van der Waals surface area contributed by atoms with Crippen molar-refractivity contribution in [1.29, 1.82) is 0 Å². The second-order valence-electron chi connectivity index (χ2n) is 5.42. The zero-order valence-corrected chi connectivity index (χ0v) is 13.5. The molecule has 0 radical (unpaired) electrons. The fourth-order valence-corrected chi connectivity index (χ4v) is 3.35. The number of halogens is 1. The average Bonchev–Trinajstić information content (AvgIpc) is 2.49. The Balaban J connectivity index is 1.74. The summed E-state index contributed by atoms with van der Waals surface area (Å²) in [5, 5.41) is 0. The minimum Gasteiger partial charge on any atom is -0.468 e. The highest BCUT2D eigenvalue weighted by molar-refractivity contribution is 9.10. The van der Waals surface area contributed by atoms with Gasteiger partial charge in [0.1, 0.15) is 4.83 Å². The van der Waals surface area contributed by atoms with Crippen LogP contribution in [0.2, 0.25) is 0 Å². The van der Waals surface area contributed by atoms with E-state index in [1.807, 2.05) is 0 Å². The molecule has 1 saturated heterocycles. The molecule has 1 aromatic rings. The average molecular weight is 340 g/mol. The first-order valence-electron chi connectivity index (χ1n) is 7.17. The zero-order chi connectivity index (χ0) is 14.4. The first-order chi connectivity index (χ1) is 9.69. The zero-order valence-electron chi connectivity index (χ0n) is 11.9. The van der Waals surface area contributed by atoms with Crippen molar-refractivity contribution >= 4 is 21.9 Å². The molecule has 1 aliphatic rings. The van der Waals surface area contributed by atoms with Gasteiger partial charge in [0.15, 0.2) is 0 Å². The number of likely N-dealkylation sites (tertiary alicyclic amines) is 1. The van der Waals surface area contributed by atoms with E-state index in [9.17, 15) is 4.79 Å². The van der Waals surface area contributed by atoms with Gasteiger partial charge in [-0.25, -0.2) is 0 Å². The number of hydrogen-bond acceptors (Lipinski definition) is 3. The van der Waals surface area contributed by atoms with Crippen LogP contribution in [0.4, 0.5) is 0 Å². The van der Waals surface area contributed by atoms with Crippen LogP contribution in [-0.2, 0) is 16.0 Å². The number of benzene rings is 1. The van der Waals surface area contributed by atoms with Crippen LogP contribution in [0.1, 0.15) is 18.4 Å². The quantitative estimate of drug-likeness (QED) is 0.610. The Morgan fingerprint density at radius 1 is 1.35 bits per heavy atom. The van der Waals surface area contributed by atoms with Crippen LogP contribution in [0.25, 0.3) is 0 Å². The second kappa shape index (κ2) is 7.79. The summed E-state index contributed by atoms with van der Waals surface area (Å²) in [6.07, 6.45) is 3.58. The van der Waals surface area contributed by atoms with Gasteiger partial charge in [0.05, 0.1) is 7.11 Å². The van der Waals surface area contributed by atoms with Crippen molar-refractivity contribution in [3.05, 3.63) is 35.9 Å². The normalized spacial score (nSPS) is 18.7. The van der Waals surface area contributed by atoms with Gasteiger partial charge in [0.25, 0.3) is 0 Å².